The molecular formula is C20H21ClFNOS. The van der Waals surface area contributed by atoms with E-state index in [2.05, 4.69) is 5.32 Å². The molecule has 0 unspecified atom stereocenters. The molecule has 0 aliphatic heterocycles. The summed E-state index contributed by atoms with van der Waals surface area (Å²) in [5.74, 6) is -0.496. The molecule has 3 rings (SSSR count). The van der Waals surface area contributed by atoms with Crippen LogP contribution in [0.2, 0.25) is 5.02 Å². The third kappa shape index (κ3) is 4.77. The van der Waals surface area contributed by atoms with Crippen LogP contribution in [0.4, 0.5) is 10.1 Å². The number of carbonyl (C=O) groups is 1. The maximum Gasteiger partial charge on any atom is 0.255 e. The van der Waals surface area contributed by atoms with Crippen LogP contribution in [0.3, 0.4) is 0 Å². The number of anilines is 1. The van der Waals surface area contributed by atoms with Gasteiger partial charge < -0.3 is 5.32 Å². The summed E-state index contributed by atoms with van der Waals surface area (Å²) in [4.78, 5) is 13.5. The molecule has 2 nitrogen and oxygen atoms in total. The first-order chi connectivity index (χ1) is 12.0. The maximum atomic E-state index is 13.3. The van der Waals surface area contributed by atoms with Gasteiger partial charge in [-0.1, -0.05) is 30.9 Å². The fourth-order valence-electron chi connectivity index (χ4n) is 3.02. The molecule has 0 atom stereocenters. The number of carbonyl (C=O) groups excluding carboxylic acids is 1. The molecule has 0 aromatic heterocycles. The molecule has 132 valence electrons. The topological polar surface area (TPSA) is 29.1 Å². The van der Waals surface area contributed by atoms with Gasteiger partial charge in [-0.05, 0) is 61.7 Å². The standard InChI is InChI=1S/C20H21ClFNOS/c1-13-11-15(8-10-18(13)22)23-20(24)14-7-9-17(21)19(12-14)25-16-5-3-2-4-6-16/h7-12,16H,2-6H2,1H3,(H,23,24). The lowest BCUT2D eigenvalue weighted by Gasteiger charge is -2.21. The molecule has 1 amide bonds. The average Bonchev–Trinajstić information content (AvgIpc) is 2.61. The number of thioether (sulfide) groups is 1. The van der Waals surface area contributed by atoms with E-state index in [-0.39, 0.29) is 11.7 Å². The Kier molecular flexibility index (Phi) is 6.02. The molecule has 25 heavy (non-hydrogen) atoms. The second-order valence-corrected chi connectivity index (χ2v) is 8.19. The molecule has 1 N–H and O–H groups in total. The van der Waals surface area contributed by atoms with E-state index >= 15 is 0 Å². The van der Waals surface area contributed by atoms with Crippen LogP contribution in [-0.2, 0) is 0 Å². The van der Waals surface area contributed by atoms with Crippen molar-refractivity contribution >= 4 is 35.0 Å². The first kappa shape index (κ1) is 18.3. The predicted octanol–water partition coefficient (Wildman–Crippen LogP) is 6.46. The maximum absolute atomic E-state index is 13.3. The van der Waals surface area contributed by atoms with E-state index < -0.39 is 0 Å². The van der Waals surface area contributed by atoms with E-state index in [1.165, 1.54) is 38.2 Å². The SMILES string of the molecule is Cc1cc(NC(=O)c2ccc(Cl)c(SC3CCCCC3)c2)ccc1F. The summed E-state index contributed by atoms with van der Waals surface area (Å²) in [6.45, 7) is 1.67. The van der Waals surface area contributed by atoms with Gasteiger partial charge in [0.25, 0.3) is 5.91 Å². The lowest BCUT2D eigenvalue weighted by molar-refractivity contribution is 0.102. The Labute approximate surface area is 157 Å². The number of benzene rings is 2. The van der Waals surface area contributed by atoms with E-state index in [4.69, 9.17) is 11.6 Å². The van der Waals surface area contributed by atoms with Gasteiger partial charge in [-0.2, -0.15) is 0 Å². The number of halogens is 2. The minimum Gasteiger partial charge on any atom is -0.322 e. The zero-order valence-corrected chi connectivity index (χ0v) is 15.7. The minimum atomic E-state index is -0.282. The number of nitrogens with one attached hydrogen (secondary N) is 1. The molecule has 1 aliphatic rings. The third-order valence-corrected chi connectivity index (χ3v) is 6.29. The number of hydrogen-bond donors (Lipinski definition) is 1. The summed E-state index contributed by atoms with van der Waals surface area (Å²) >= 11 is 8.10. The highest BCUT2D eigenvalue weighted by Gasteiger charge is 2.17. The monoisotopic (exact) mass is 377 g/mol. The van der Waals surface area contributed by atoms with Gasteiger partial charge >= 0.3 is 0 Å². The Bertz CT molecular complexity index is 774. The molecular weight excluding hydrogens is 357 g/mol. The van der Waals surface area contributed by atoms with Crippen molar-refractivity contribution in [2.75, 3.05) is 5.32 Å². The van der Waals surface area contributed by atoms with E-state index in [0.29, 0.717) is 27.1 Å². The summed E-state index contributed by atoms with van der Waals surface area (Å²) in [6, 6.07) is 9.90. The highest BCUT2D eigenvalue weighted by atomic mass is 35.5. The molecule has 5 heteroatoms. The molecule has 2 aromatic carbocycles. The molecule has 1 saturated carbocycles. The molecule has 0 spiro atoms. The van der Waals surface area contributed by atoms with Gasteiger partial charge in [-0.25, -0.2) is 4.39 Å². The zero-order valence-electron chi connectivity index (χ0n) is 14.1. The van der Waals surface area contributed by atoms with Crippen LogP contribution in [0, 0.1) is 12.7 Å². The zero-order chi connectivity index (χ0) is 17.8. The number of amides is 1. The summed E-state index contributed by atoms with van der Waals surface area (Å²) in [6.07, 6.45) is 6.24. The van der Waals surface area contributed by atoms with Gasteiger partial charge in [0.15, 0.2) is 0 Å². The van der Waals surface area contributed by atoms with Gasteiger partial charge in [0.1, 0.15) is 5.82 Å². The number of hydrogen-bond acceptors (Lipinski definition) is 2. The quantitative estimate of drug-likeness (QED) is 0.661. The second kappa shape index (κ2) is 8.24. The van der Waals surface area contributed by atoms with Crippen molar-refractivity contribution in [3.63, 3.8) is 0 Å². The van der Waals surface area contributed by atoms with Gasteiger partial charge in [-0.3, -0.25) is 4.79 Å². The average molecular weight is 378 g/mol. The fraction of sp³-hybridized carbons (Fsp3) is 0.350. The normalized spacial score (nSPS) is 15.2. The Morgan fingerprint density at radius 1 is 1.16 bits per heavy atom. The second-order valence-electron chi connectivity index (χ2n) is 6.44. The van der Waals surface area contributed by atoms with Crippen molar-refractivity contribution in [2.24, 2.45) is 0 Å². The molecule has 0 saturated heterocycles. The smallest absolute Gasteiger partial charge is 0.255 e. The molecule has 0 radical (unpaired) electrons. The third-order valence-electron chi connectivity index (χ3n) is 4.46. The lowest BCUT2D eigenvalue weighted by atomic mass is 10.0. The van der Waals surface area contributed by atoms with E-state index in [1.807, 2.05) is 6.07 Å². The van der Waals surface area contributed by atoms with Crippen molar-refractivity contribution < 1.29 is 9.18 Å². The first-order valence-corrected chi connectivity index (χ1v) is 9.82. The van der Waals surface area contributed by atoms with Crippen LogP contribution < -0.4 is 5.32 Å². The van der Waals surface area contributed by atoms with Crippen molar-refractivity contribution in [1.29, 1.82) is 0 Å². The fourth-order valence-corrected chi connectivity index (χ4v) is 4.58. The minimum absolute atomic E-state index is 0.215. The Morgan fingerprint density at radius 3 is 2.64 bits per heavy atom. The van der Waals surface area contributed by atoms with E-state index in [9.17, 15) is 9.18 Å². The molecule has 0 heterocycles. The summed E-state index contributed by atoms with van der Waals surface area (Å²) in [5.41, 5.74) is 1.65. The van der Waals surface area contributed by atoms with Crippen LogP contribution in [0.15, 0.2) is 41.3 Å². The van der Waals surface area contributed by atoms with Crippen LogP contribution >= 0.6 is 23.4 Å². The van der Waals surface area contributed by atoms with Gasteiger partial charge in [0.05, 0.1) is 5.02 Å². The largest absolute Gasteiger partial charge is 0.322 e. The summed E-state index contributed by atoms with van der Waals surface area (Å²) < 4.78 is 13.3. The van der Waals surface area contributed by atoms with Crippen molar-refractivity contribution in [3.05, 3.63) is 58.4 Å². The van der Waals surface area contributed by atoms with Crippen LogP contribution in [0.25, 0.3) is 0 Å². The Hall–Kier alpha value is -1.52. The van der Waals surface area contributed by atoms with Crippen LogP contribution in [0.1, 0.15) is 48.0 Å². The van der Waals surface area contributed by atoms with Crippen molar-refractivity contribution in [3.8, 4) is 0 Å². The van der Waals surface area contributed by atoms with Crippen molar-refractivity contribution in [2.45, 2.75) is 49.2 Å². The highest BCUT2D eigenvalue weighted by molar-refractivity contribution is 8.00. The molecule has 1 aliphatic carbocycles. The van der Waals surface area contributed by atoms with Gasteiger partial charge in [0, 0.05) is 21.4 Å². The predicted molar refractivity (Wildman–Crippen MR) is 103 cm³/mol. The van der Waals surface area contributed by atoms with Gasteiger partial charge in [0.2, 0.25) is 0 Å². The summed E-state index contributed by atoms with van der Waals surface area (Å²) in [7, 11) is 0. The number of rotatable bonds is 4. The Morgan fingerprint density at radius 2 is 1.92 bits per heavy atom. The first-order valence-electron chi connectivity index (χ1n) is 8.56. The van der Waals surface area contributed by atoms with Crippen LogP contribution in [-0.4, -0.2) is 11.2 Å². The lowest BCUT2D eigenvalue weighted by Crippen LogP contribution is -2.12. The van der Waals surface area contributed by atoms with Crippen molar-refractivity contribution in [1.82, 2.24) is 0 Å². The molecule has 0 bridgehead atoms. The molecule has 1 fully saturated rings. The van der Waals surface area contributed by atoms with E-state index in [1.54, 1.807) is 43.0 Å². The van der Waals surface area contributed by atoms with Crippen LogP contribution in [0.5, 0.6) is 0 Å². The van der Waals surface area contributed by atoms with E-state index in [0.717, 1.165) is 4.90 Å². The highest BCUT2D eigenvalue weighted by Crippen LogP contribution is 2.37. The summed E-state index contributed by atoms with van der Waals surface area (Å²) in [5, 5.41) is 4.08. The Balaban J connectivity index is 1.73. The molecule has 2 aromatic rings. The number of aryl methyl sites for hydroxylation is 1. The van der Waals surface area contributed by atoms with Gasteiger partial charge in [-0.15, -0.1) is 11.8 Å².